The molecule has 0 amide bonds. The van der Waals surface area contributed by atoms with Gasteiger partial charge in [0.1, 0.15) is 5.82 Å². The molecule has 1 unspecified atom stereocenters. The molecule has 4 heteroatoms. The average Bonchev–Trinajstić information content (AvgIpc) is 2.41. The zero-order valence-corrected chi connectivity index (χ0v) is 13.4. The molecule has 0 saturated heterocycles. The molecule has 3 nitrogen and oxygen atoms in total. The van der Waals surface area contributed by atoms with Crippen LogP contribution in [-0.4, -0.2) is 11.5 Å². The molecular weight excluding hydrogens is 314 g/mol. The number of pyridine rings is 1. The maximum Gasteiger partial charge on any atom is 0.128 e. The molecule has 0 aliphatic heterocycles. The fourth-order valence-electron chi connectivity index (χ4n) is 2.42. The average molecular weight is 334 g/mol. The molecule has 0 aliphatic rings. The van der Waals surface area contributed by atoms with Gasteiger partial charge in [-0.15, -0.1) is 0 Å². The fourth-order valence-corrected chi connectivity index (χ4v) is 2.69. The lowest BCUT2D eigenvalue weighted by Gasteiger charge is -2.21. The van der Waals surface area contributed by atoms with E-state index < -0.39 is 0 Å². The Kier molecular flexibility index (Phi) is 5.15. The van der Waals surface area contributed by atoms with Crippen LogP contribution >= 0.6 is 15.9 Å². The number of hydrogen-bond acceptors (Lipinski definition) is 3. The van der Waals surface area contributed by atoms with E-state index in [1.165, 1.54) is 11.1 Å². The normalized spacial score (nSPS) is 12.3. The van der Waals surface area contributed by atoms with Crippen LogP contribution in [0.15, 0.2) is 41.0 Å². The van der Waals surface area contributed by atoms with E-state index in [4.69, 9.17) is 5.73 Å². The van der Waals surface area contributed by atoms with Crippen LogP contribution in [0.4, 0.5) is 5.82 Å². The molecule has 0 radical (unpaired) electrons. The molecule has 1 heterocycles. The molecule has 0 aliphatic carbocycles. The van der Waals surface area contributed by atoms with Crippen molar-refractivity contribution in [2.24, 2.45) is 0 Å². The van der Waals surface area contributed by atoms with Gasteiger partial charge in [-0.2, -0.15) is 0 Å². The first-order valence-electron chi connectivity index (χ1n) is 6.80. The summed E-state index contributed by atoms with van der Waals surface area (Å²) in [7, 11) is 0. The Bertz CT molecular complexity index is 546. The van der Waals surface area contributed by atoms with Gasteiger partial charge in [0.15, 0.2) is 0 Å². The van der Waals surface area contributed by atoms with Crippen molar-refractivity contribution in [3.8, 4) is 0 Å². The molecule has 1 atom stereocenters. The van der Waals surface area contributed by atoms with E-state index in [1.807, 2.05) is 6.07 Å². The predicted molar refractivity (Wildman–Crippen MR) is 87.7 cm³/mol. The molecule has 1 aromatic carbocycles. The van der Waals surface area contributed by atoms with Crippen LogP contribution < -0.4 is 11.1 Å². The number of hydrogen-bond donors (Lipinski definition) is 2. The van der Waals surface area contributed by atoms with Crippen molar-refractivity contribution in [2.45, 2.75) is 26.3 Å². The molecule has 2 rings (SSSR count). The monoisotopic (exact) mass is 333 g/mol. The first-order valence-corrected chi connectivity index (χ1v) is 7.60. The predicted octanol–water partition coefficient (Wildman–Crippen LogP) is 3.63. The number of nitrogens with one attached hydrogen (secondary N) is 1. The quantitative estimate of drug-likeness (QED) is 0.878. The number of anilines is 1. The number of nitrogen functional groups attached to an aromatic ring is 1. The highest BCUT2D eigenvalue weighted by Gasteiger charge is 2.17. The lowest BCUT2D eigenvalue weighted by Crippen LogP contribution is -2.25. The summed E-state index contributed by atoms with van der Waals surface area (Å²) < 4.78 is 1.10. The number of rotatable bonds is 5. The summed E-state index contributed by atoms with van der Waals surface area (Å²) in [4.78, 5) is 4.23. The van der Waals surface area contributed by atoms with Crippen LogP contribution in [0.5, 0.6) is 0 Å². The Labute approximate surface area is 128 Å². The van der Waals surface area contributed by atoms with Crippen LogP contribution in [0, 0.1) is 6.92 Å². The number of nitrogens with zero attached hydrogens (tertiary/aromatic N) is 1. The summed E-state index contributed by atoms with van der Waals surface area (Å²) in [6.07, 6.45) is 2.66. The molecule has 0 saturated carbocycles. The van der Waals surface area contributed by atoms with Crippen molar-refractivity contribution in [2.75, 3.05) is 12.3 Å². The van der Waals surface area contributed by atoms with Crippen molar-refractivity contribution in [3.05, 3.63) is 57.7 Å². The van der Waals surface area contributed by atoms with Crippen LogP contribution in [0.3, 0.4) is 0 Å². The van der Waals surface area contributed by atoms with E-state index in [9.17, 15) is 0 Å². The van der Waals surface area contributed by atoms with E-state index in [0.29, 0.717) is 5.82 Å². The minimum absolute atomic E-state index is 0.190. The highest BCUT2D eigenvalue weighted by atomic mass is 79.9. The Morgan fingerprint density at radius 1 is 1.25 bits per heavy atom. The third kappa shape index (κ3) is 3.58. The van der Waals surface area contributed by atoms with Crippen molar-refractivity contribution >= 4 is 21.7 Å². The highest BCUT2D eigenvalue weighted by Crippen LogP contribution is 2.26. The second kappa shape index (κ2) is 6.86. The molecular formula is C16H20BrN3. The van der Waals surface area contributed by atoms with Crippen molar-refractivity contribution < 1.29 is 0 Å². The Morgan fingerprint density at radius 2 is 1.95 bits per heavy atom. The summed E-state index contributed by atoms with van der Waals surface area (Å²) in [6.45, 7) is 5.09. The highest BCUT2D eigenvalue weighted by molar-refractivity contribution is 9.10. The second-order valence-electron chi connectivity index (χ2n) is 4.87. The number of nitrogens with two attached hydrogens (primary N) is 1. The molecule has 0 fully saturated rings. The number of aromatic nitrogens is 1. The van der Waals surface area contributed by atoms with Crippen LogP contribution in [0.1, 0.15) is 29.7 Å². The van der Waals surface area contributed by atoms with Gasteiger partial charge in [0, 0.05) is 22.3 Å². The van der Waals surface area contributed by atoms with Gasteiger partial charge >= 0.3 is 0 Å². The lowest BCUT2D eigenvalue weighted by molar-refractivity contribution is 0.547. The molecule has 106 valence electrons. The van der Waals surface area contributed by atoms with E-state index in [2.05, 4.69) is 64.3 Å². The summed E-state index contributed by atoms with van der Waals surface area (Å²) in [5.74, 6) is 0.619. The molecule has 0 bridgehead atoms. The minimum Gasteiger partial charge on any atom is -0.383 e. The second-order valence-corrected chi connectivity index (χ2v) is 5.78. The third-order valence-electron chi connectivity index (χ3n) is 3.39. The largest absolute Gasteiger partial charge is 0.383 e. The summed E-state index contributed by atoms with van der Waals surface area (Å²) in [6, 6.07) is 10.6. The zero-order chi connectivity index (χ0) is 14.5. The van der Waals surface area contributed by atoms with Crippen LogP contribution in [-0.2, 0) is 6.42 Å². The Morgan fingerprint density at radius 3 is 2.55 bits per heavy atom. The molecule has 0 spiro atoms. The summed E-state index contributed by atoms with van der Waals surface area (Å²) >= 11 is 3.46. The Balaban J connectivity index is 2.29. The van der Waals surface area contributed by atoms with Gasteiger partial charge in [0.25, 0.3) is 0 Å². The minimum atomic E-state index is 0.190. The van der Waals surface area contributed by atoms with E-state index in [-0.39, 0.29) is 6.04 Å². The van der Waals surface area contributed by atoms with E-state index >= 15 is 0 Å². The van der Waals surface area contributed by atoms with Gasteiger partial charge < -0.3 is 11.1 Å². The number of benzene rings is 1. The molecule has 1 aromatic heterocycles. The van der Waals surface area contributed by atoms with Gasteiger partial charge in [0.05, 0.1) is 0 Å². The topological polar surface area (TPSA) is 50.9 Å². The summed E-state index contributed by atoms with van der Waals surface area (Å²) in [5, 5.41) is 3.51. The maximum atomic E-state index is 6.07. The summed E-state index contributed by atoms with van der Waals surface area (Å²) in [5.41, 5.74) is 9.64. The van der Waals surface area contributed by atoms with Crippen LogP contribution in [0.2, 0.25) is 0 Å². The van der Waals surface area contributed by atoms with Gasteiger partial charge in [-0.05, 0) is 49.2 Å². The standard InChI is InChI=1S/C16H20BrN3/c1-3-19-14(10-12-4-6-13(17)7-5-12)15-11(2)8-9-20-16(15)18/h4-9,14,19H,3,10H2,1-2H3,(H2,18,20). The lowest BCUT2D eigenvalue weighted by atomic mass is 9.96. The first kappa shape index (κ1) is 15.0. The van der Waals surface area contributed by atoms with E-state index in [1.54, 1.807) is 6.20 Å². The van der Waals surface area contributed by atoms with Gasteiger partial charge in [-0.3, -0.25) is 0 Å². The van der Waals surface area contributed by atoms with Gasteiger partial charge in [-0.25, -0.2) is 4.98 Å². The zero-order valence-electron chi connectivity index (χ0n) is 11.9. The van der Waals surface area contributed by atoms with Gasteiger partial charge in [-0.1, -0.05) is 35.0 Å². The van der Waals surface area contributed by atoms with E-state index in [0.717, 1.165) is 23.0 Å². The Hall–Kier alpha value is -1.39. The molecule has 20 heavy (non-hydrogen) atoms. The number of halogens is 1. The fraction of sp³-hybridized carbons (Fsp3) is 0.312. The number of aryl methyl sites for hydroxylation is 1. The van der Waals surface area contributed by atoms with Crippen molar-refractivity contribution in [3.63, 3.8) is 0 Å². The van der Waals surface area contributed by atoms with Crippen LogP contribution in [0.25, 0.3) is 0 Å². The van der Waals surface area contributed by atoms with Crippen molar-refractivity contribution in [1.82, 2.24) is 10.3 Å². The van der Waals surface area contributed by atoms with Crippen molar-refractivity contribution in [1.29, 1.82) is 0 Å². The molecule has 2 aromatic rings. The first-order chi connectivity index (χ1) is 9.61. The third-order valence-corrected chi connectivity index (χ3v) is 3.92. The number of likely N-dealkylation sites (N-methyl/N-ethyl adjacent to an activating group) is 1. The van der Waals surface area contributed by atoms with Gasteiger partial charge in [0.2, 0.25) is 0 Å². The SMILES string of the molecule is CCNC(Cc1ccc(Br)cc1)c1c(C)ccnc1N. The smallest absolute Gasteiger partial charge is 0.128 e. The maximum absolute atomic E-state index is 6.07. The molecule has 3 N–H and O–H groups in total.